The van der Waals surface area contributed by atoms with Gasteiger partial charge in [-0.05, 0) is 49.6 Å². The molecule has 0 aliphatic heterocycles. The molecule has 0 saturated carbocycles. The maximum Gasteiger partial charge on any atom is 0.251 e. The first-order valence-corrected chi connectivity index (χ1v) is 9.52. The predicted octanol–water partition coefficient (Wildman–Crippen LogP) is 3.89. The molecular formula is C22H29N3O2. The lowest BCUT2D eigenvalue weighted by molar-refractivity contribution is -0.115. The number of anilines is 1. The van der Waals surface area contributed by atoms with Crippen LogP contribution in [0.4, 0.5) is 5.69 Å². The maximum absolute atomic E-state index is 12.2. The van der Waals surface area contributed by atoms with Crippen molar-refractivity contribution in [3.05, 3.63) is 65.7 Å². The number of rotatable bonds is 9. The van der Waals surface area contributed by atoms with Crippen molar-refractivity contribution >= 4 is 17.5 Å². The van der Waals surface area contributed by atoms with Crippen LogP contribution in [0.1, 0.15) is 55.6 Å². The Kier molecular flexibility index (Phi) is 8.01. The van der Waals surface area contributed by atoms with Crippen molar-refractivity contribution in [2.45, 2.75) is 45.7 Å². The molecule has 0 saturated heterocycles. The summed E-state index contributed by atoms with van der Waals surface area (Å²) < 4.78 is 0. The number of hydrogen-bond acceptors (Lipinski definition) is 3. The van der Waals surface area contributed by atoms with Gasteiger partial charge in [-0.15, -0.1) is 0 Å². The zero-order valence-corrected chi connectivity index (χ0v) is 16.3. The standard InChI is InChI=1S/C22H29N3O2/c1-4-16(3)24-22(27)18-11-13-19(14-12-18)25-21(26)15-23-20(5-2)17-9-7-6-8-10-17/h6-14,16,20,23H,4-5,15H2,1-3H3,(H,24,27)(H,25,26). The Morgan fingerprint density at radius 2 is 1.59 bits per heavy atom. The molecule has 27 heavy (non-hydrogen) atoms. The molecule has 144 valence electrons. The average Bonchev–Trinajstić information content (AvgIpc) is 2.69. The highest BCUT2D eigenvalue weighted by Crippen LogP contribution is 2.15. The second-order valence-electron chi connectivity index (χ2n) is 6.66. The van der Waals surface area contributed by atoms with Gasteiger partial charge in [0.25, 0.3) is 5.91 Å². The van der Waals surface area contributed by atoms with E-state index in [-0.39, 0.29) is 30.4 Å². The molecule has 3 N–H and O–H groups in total. The van der Waals surface area contributed by atoms with Gasteiger partial charge >= 0.3 is 0 Å². The highest BCUT2D eigenvalue weighted by atomic mass is 16.2. The Labute approximate surface area is 161 Å². The molecule has 2 aromatic rings. The molecule has 2 atom stereocenters. The molecular weight excluding hydrogens is 338 g/mol. The van der Waals surface area contributed by atoms with Crippen LogP contribution in [0, 0.1) is 0 Å². The number of amides is 2. The molecule has 0 aliphatic carbocycles. The van der Waals surface area contributed by atoms with Gasteiger partial charge < -0.3 is 16.0 Å². The number of carbonyl (C=O) groups excluding carboxylic acids is 2. The van der Waals surface area contributed by atoms with Crippen molar-refractivity contribution in [2.24, 2.45) is 0 Å². The molecule has 2 aromatic carbocycles. The van der Waals surface area contributed by atoms with Crippen molar-refractivity contribution < 1.29 is 9.59 Å². The molecule has 5 heteroatoms. The van der Waals surface area contributed by atoms with E-state index in [1.807, 2.05) is 32.0 Å². The highest BCUT2D eigenvalue weighted by Gasteiger charge is 2.11. The van der Waals surface area contributed by atoms with Crippen LogP contribution in [0.15, 0.2) is 54.6 Å². The minimum Gasteiger partial charge on any atom is -0.350 e. The smallest absolute Gasteiger partial charge is 0.251 e. The van der Waals surface area contributed by atoms with E-state index in [9.17, 15) is 9.59 Å². The summed E-state index contributed by atoms with van der Waals surface area (Å²) in [4.78, 5) is 24.3. The lowest BCUT2D eigenvalue weighted by atomic mass is 10.0. The summed E-state index contributed by atoms with van der Waals surface area (Å²) in [6.45, 7) is 6.31. The lowest BCUT2D eigenvalue weighted by Gasteiger charge is -2.17. The number of hydrogen-bond donors (Lipinski definition) is 3. The van der Waals surface area contributed by atoms with Crippen LogP contribution in [-0.2, 0) is 4.79 Å². The number of nitrogens with one attached hydrogen (secondary N) is 3. The molecule has 0 spiro atoms. The van der Waals surface area contributed by atoms with E-state index >= 15 is 0 Å². The SMILES string of the molecule is CCC(C)NC(=O)c1ccc(NC(=O)CNC(CC)c2ccccc2)cc1. The fourth-order valence-corrected chi connectivity index (χ4v) is 2.72. The second-order valence-corrected chi connectivity index (χ2v) is 6.66. The Bertz CT molecular complexity index is 729. The van der Waals surface area contributed by atoms with E-state index in [4.69, 9.17) is 0 Å². The highest BCUT2D eigenvalue weighted by molar-refractivity contribution is 5.96. The fourth-order valence-electron chi connectivity index (χ4n) is 2.72. The molecule has 2 unspecified atom stereocenters. The molecule has 2 rings (SSSR count). The Hall–Kier alpha value is -2.66. The van der Waals surface area contributed by atoms with E-state index in [0.717, 1.165) is 12.8 Å². The van der Waals surface area contributed by atoms with Crippen LogP contribution >= 0.6 is 0 Å². The molecule has 5 nitrogen and oxygen atoms in total. The topological polar surface area (TPSA) is 70.2 Å². The summed E-state index contributed by atoms with van der Waals surface area (Å²) in [6, 6.07) is 17.3. The van der Waals surface area contributed by atoms with Crippen molar-refractivity contribution in [1.29, 1.82) is 0 Å². The van der Waals surface area contributed by atoms with Gasteiger partial charge in [0.1, 0.15) is 0 Å². The summed E-state index contributed by atoms with van der Waals surface area (Å²) in [7, 11) is 0. The maximum atomic E-state index is 12.2. The molecule has 0 fully saturated rings. The minimum atomic E-state index is -0.110. The third-order valence-electron chi connectivity index (χ3n) is 4.54. The summed E-state index contributed by atoms with van der Waals surface area (Å²) in [5.74, 6) is -0.210. The van der Waals surface area contributed by atoms with Crippen LogP contribution < -0.4 is 16.0 Å². The molecule has 0 radical (unpaired) electrons. The van der Waals surface area contributed by atoms with Gasteiger partial charge in [0.2, 0.25) is 5.91 Å². The number of carbonyl (C=O) groups is 2. The van der Waals surface area contributed by atoms with Crippen LogP contribution in [0.3, 0.4) is 0 Å². The third-order valence-corrected chi connectivity index (χ3v) is 4.54. The van der Waals surface area contributed by atoms with Gasteiger partial charge in [-0.1, -0.05) is 44.2 Å². The predicted molar refractivity (Wildman–Crippen MR) is 110 cm³/mol. The van der Waals surface area contributed by atoms with Crippen LogP contribution in [0.5, 0.6) is 0 Å². The van der Waals surface area contributed by atoms with Gasteiger partial charge in [0.05, 0.1) is 6.54 Å². The normalized spacial score (nSPS) is 12.9. The van der Waals surface area contributed by atoms with Crippen molar-refractivity contribution in [3.63, 3.8) is 0 Å². The van der Waals surface area contributed by atoms with Gasteiger partial charge in [-0.3, -0.25) is 9.59 Å². The van der Waals surface area contributed by atoms with Gasteiger partial charge in [0.15, 0.2) is 0 Å². The fraction of sp³-hybridized carbons (Fsp3) is 0.364. The van der Waals surface area contributed by atoms with E-state index in [0.29, 0.717) is 11.3 Å². The van der Waals surface area contributed by atoms with Crippen LogP contribution in [0.25, 0.3) is 0 Å². The summed E-state index contributed by atoms with van der Waals surface area (Å²) in [5.41, 5.74) is 2.43. The quantitative estimate of drug-likeness (QED) is 0.630. The van der Waals surface area contributed by atoms with E-state index in [1.165, 1.54) is 5.56 Å². The Morgan fingerprint density at radius 1 is 0.926 bits per heavy atom. The van der Waals surface area contributed by atoms with E-state index in [2.05, 4.69) is 35.0 Å². The largest absolute Gasteiger partial charge is 0.350 e. The Morgan fingerprint density at radius 3 is 2.19 bits per heavy atom. The van der Waals surface area contributed by atoms with Crippen LogP contribution in [0.2, 0.25) is 0 Å². The monoisotopic (exact) mass is 367 g/mol. The average molecular weight is 367 g/mol. The third kappa shape index (κ3) is 6.53. The molecule has 0 aliphatic rings. The summed E-state index contributed by atoms with van der Waals surface area (Å²) >= 11 is 0. The van der Waals surface area contributed by atoms with Crippen molar-refractivity contribution in [2.75, 3.05) is 11.9 Å². The van der Waals surface area contributed by atoms with Crippen LogP contribution in [-0.4, -0.2) is 24.4 Å². The molecule has 0 heterocycles. The minimum absolute atomic E-state index is 0.0995. The first-order valence-electron chi connectivity index (χ1n) is 9.52. The van der Waals surface area contributed by atoms with E-state index in [1.54, 1.807) is 24.3 Å². The molecule has 0 aromatic heterocycles. The molecule has 2 amide bonds. The van der Waals surface area contributed by atoms with Gasteiger partial charge in [-0.25, -0.2) is 0 Å². The first-order chi connectivity index (χ1) is 13.0. The number of benzene rings is 2. The Balaban J connectivity index is 1.85. The zero-order valence-electron chi connectivity index (χ0n) is 16.3. The summed E-state index contributed by atoms with van der Waals surface area (Å²) in [6.07, 6.45) is 1.78. The van der Waals surface area contributed by atoms with Crippen molar-refractivity contribution in [3.8, 4) is 0 Å². The zero-order chi connectivity index (χ0) is 19.6. The lowest BCUT2D eigenvalue weighted by Crippen LogP contribution is -2.32. The van der Waals surface area contributed by atoms with Gasteiger partial charge in [0, 0.05) is 23.3 Å². The van der Waals surface area contributed by atoms with E-state index < -0.39 is 0 Å². The molecule has 0 bridgehead atoms. The summed E-state index contributed by atoms with van der Waals surface area (Å²) in [5, 5.41) is 9.07. The first kappa shape index (κ1) is 20.6. The second kappa shape index (κ2) is 10.5. The van der Waals surface area contributed by atoms with Crippen molar-refractivity contribution in [1.82, 2.24) is 10.6 Å². The van der Waals surface area contributed by atoms with Gasteiger partial charge in [-0.2, -0.15) is 0 Å².